The molecule has 1 saturated heterocycles. The zero-order valence-electron chi connectivity index (χ0n) is 15.9. The summed E-state index contributed by atoms with van der Waals surface area (Å²) in [6.45, 7) is -0.447. The normalized spacial score (nSPS) is 24.8. The Kier molecular flexibility index (Phi) is 5.59. The number of amides is 1. The topological polar surface area (TPSA) is 169 Å². The number of benzene rings is 1. The molecule has 1 aromatic carbocycles. The molecule has 30 heavy (non-hydrogen) atoms. The van der Waals surface area contributed by atoms with Gasteiger partial charge in [-0.2, -0.15) is 0 Å². The lowest BCUT2D eigenvalue weighted by atomic mass is 10.0. The van der Waals surface area contributed by atoms with Crippen LogP contribution in [-0.2, 0) is 16.0 Å². The van der Waals surface area contributed by atoms with Crippen molar-refractivity contribution in [3.05, 3.63) is 48.5 Å². The van der Waals surface area contributed by atoms with E-state index in [9.17, 15) is 20.1 Å². The molecule has 5 unspecified atom stereocenters. The molecule has 6 N–H and O–H groups in total. The van der Waals surface area contributed by atoms with Crippen molar-refractivity contribution < 1.29 is 24.9 Å². The summed E-state index contributed by atoms with van der Waals surface area (Å²) >= 11 is 0. The lowest BCUT2D eigenvalue weighted by Gasteiger charge is -2.22. The number of ether oxygens (including phenoxy) is 1. The monoisotopic (exact) mass is 414 g/mol. The molecular weight excluding hydrogens is 392 g/mol. The Bertz CT molecular complexity index is 1030. The van der Waals surface area contributed by atoms with Gasteiger partial charge in [-0.15, -0.1) is 0 Å². The average molecular weight is 414 g/mol. The van der Waals surface area contributed by atoms with E-state index in [2.05, 4.69) is 20.3 Å². The first-order valence-corrected chi connectivity index (χ1v) is 9.39. The van der Waals surface area contributed by atoms with Gasteiger partial charge in [0.05, 0.1) is 19.0 Å². The number of nitrogens with zero attached hydrogens (tertiary/aromatic N) is 4. The molecule has 0 saturated carbocycles. The van der Waals surface area contributed by atoms with Crippen LogP contribution in [0.25, 0.3) is 11.2 Å². The third kappa shape index (κ3) is 3.71. The molecule has 0 spiro atoms. The molecule has 3 aromatic rings. The number of nitrogen functional groups attached to an aromatic ring is 1. The lowest BCUT2D eigenvalue weighted by molar-refractivity contribution is -0.131. The summed E-state index contributed by atoms with van der Waals surface area (Å²) in [6.07, 6.45) is -1.64. The molecule has 11 heteroatoms. The van der Waals surface area contributed by atoms with Crippen molar-refractivity contribution in [1.29, 1.82) is 0 Å². The summed E-state index contributed by atoms with van der Waals surface area (Å²) in [6, 6.07) is 8.11. The number of aromatic nitrogens is 4. The predicted molar refractivity (Wildman–Crippen MR) is 105 cm³/mol. The fourth-order valence-corrected chi connectivity index (χ4v) is 3.55. The van der Waals surface area contributed by atoms with E-state index in [4.69, 9.17) is 10.5 Å². The third-order valence-corrected chi connectivity index (χ3v) is 5.10. The summed E-state index contributed by atoms with van der Waals surface area (Å²) in [7, 11) is 0. The van der Waals surface area contributed by atoms with Crippen molar-refractivity contribution in [3.8, 4) is 0 Å². The minimum atomic E-state index is -1.32. The fourth-order valence-electron chi connectivity index (χ4n) is 3.55. The van der Waals surface area contributed by atoms with E-state index in [1.165, 1.54) is 17.2 Å². The maximum absolute atomic E-state index is 12.5. The van der Waals surface area contributed by atoms with Crippen LogP contribution in [0, 0.1) is 0 Å². The van der Waals surface area contributed by atoms with Crippen molar-refractivity contribution in [3.63, 3.8) is 0 Å². The largest absolute Gasteiger partial charge is 0.394 e. The number of anilines is 1. The number of aliphatic hydroxyl groups is 3. The highest BCUT2D eigenvalue weighted by Crippen LogP contribution is 2.32. The molecule has 0 bridgehead atoms. The molecule has 0 radical (unpaired) electrons. The number of fused-ring (bicyclic) bond motifs is 1. The van der Waals surface area contributed by atoms with Gasteiger partial charge in [-0.1, -0.05) is 30.3 Å². The van der Waals surface area contributed by atoms with E-state index >= 15 is 0 Å². The highest BCUT2D eigenvalue weighted by molar-refractivity contribution is 5.82. The molecule has 158 valence electrons. The van der Waals surface area contributed by atoms with Crippen molar-refractivity contribution >= 4 is 22.9 Å². The standard InChI is InChI=1S/C19H22N6O5/c20-16-14-17(22-8-21-16)25(9-23-14)19-15(28)13(12(7-26)30-19)24-18(29)11(27)6-10-4-2-1-3-5-10/h1-5,8-9,11-13,15,19,26-28H,6-7H2,(H,24,29)(H2,20,21,22). The zero-order chi connectivity index (χ0) is 21.3. The summed E-state index contributed by atoms with van der Waals surface area (Å²) in [5, 5.41) is 33.4. The van der Waals surface area contributed by atoms with Gasteiger partial charge in [0, 0.05) is 6.42 Å². The smallest absolute Gasteiger partial charge is 0.249 e. The van der Waals surface area contributed by atoms with E-state index in [0.29, 0.717) is 11.2 Å². The second-order valence-corrected chi connectivity index (χ2v) is 7.06. The van der Waals surface area contributed by atoms with Gasteiger partial charge in [0.1, 0.15) is 30.2 Å². The molecule has 1 amide bonds. The number of carbonyl (C=O) groups is 1. The Hall–Kier alpha value is -3.12. The van der Waals surface area contributed by atoms with Gasteiger partial charge in [-0.3, -0.25) is 9.36 Å². The molecule has 4 rings (SSSR count). The van der Waals surface area contributed by atoms with E-state index < -0.39 is 43.1 Å². The molecule has 5 atom stereocenters. The summed E-state index contributed by atoms with van der Waals surface area (Å²) in [5.74, 6) is -0.494. The van der Waals surface area contributed by atoms with Gasteiger partial charge >= 0.3 is 0 Å². The van der Waals surface area contributed by atoms with Crippen LogP contribution < -0.4 is 11.1 Å². The molecule has 11 nitrogen and oxygen atoms in total. The van der Waals surface area contributed by atoms with E-state index in [0.717, 1.165) is 5.56 Å². The average Bonchev–Trinajstić information content (AvgIpc) is 3.31. The molecule has 2 aromatic heterocycles. The molecule has 1 aliphatic heterocycles. The van der Waals surface area contributed by atoms with Gasteiger partial charge in [0.25, 0.3) is 0 Å². The summed E-state index contributed by atoms with van der Waals surface area (Å²) < 4.78 is 7.22. The Morgan fingerprint density at radius 3 is 2.77 bits per heavy atom. The minimum absolute atomic E-state index is 0.117. The Balaban J connectivity index is 1.51. The zero-order valence-corrected chi connectivity index (χ0v) is 15.9. The lowest BCUT2D eigenvalue weighted by Crippen LogP contribution is -2.51. The van der Waals surface area contributed by atoms with Crippen molar-refractivity contribution in [2.45, 2.75) is 37.0 Å². The second kappa shape index (κ2) is 8.32. The third-order valence-electron chi connectivity index (χ3n) is 5.10. The number of hydrogen-bond acceptors (Lipinski definition) is 9. The fraction of sp³-hybridized carbons (Fsp3) is 0.368. The van der Waals surface area contributed by atoms with Crippen molar-refractivity contribution in [2.75, 3.05) is 12.3 Å². The SMILES string of the molecule is Nc1ncnc2c1ncn2C1OC(CO)C(NC(=O)C(O)Cc2ccccc2)C1O. The van der Waals surface area contributed by atoms with Gasteiger partial charge in [-0.05, 0) is 5.56 Å². The molecule has 3 heterocycles. The van der Waals surface area contributed by atoms with Crippen LogP contribution in [-0.4, -0.2) is 71.7 Å². The maximum Gasteiger partial charge on any atom is 0.249 e. The van der Waals surface area contributed by atoms with E-state index in [1.807, 2.05) is 18.2 Å². The van der Waals surface area contributed by atoms with Crippen LogP contribution in [0.5, 0.6) is 0 Å². The van der Waals surface area contributed by atoms with Crippen LogP contribution in [0.4, 0.5) is 5.82 Å². The first-order valence-electron chi connectivity index (χ1n) is 9.39. The highest BCUT2D eigenvalue weighted by Gasteiger charge is 2.46. The van der Waals surface area contributed by atoms with Crippen LogP contribution >= 0.6 is 0 Å². The number of nitrogens with one attached hydrogen (secondary N) is 1. The minimum Gasteiger partial charge on any atom is -0.394 e. The number of hydrogen-bond donors (Lipinski definition) is 5. The number of imidazole rings is 1. The first kappa shape index (κ1) is 20.2. The van der Waals surface area contributed by atoms with Gasteiger partial charge in [0.15, 0.2) is 17.7 Å². The summed E-state index contributed by atoms with van der Waals surface area (Å²) in [5.41, 5.74) is 7.28. The molecule has 0 aliphatic carbocycles. The van der Waals surface area contributed by atoms with E-state index in [-0.39, 0.29) is 12.2 Å². The molecular formula is C19H22N6O5. The predicted octanol–water partition coefficient (Wildman–Crippen LogP) is -1.25. The first-order chi connectivity index (χ1) is 14.5. The Morgan fingerprint density at radius 2 is 2.03 bits per heavy atom. The van der Waals surface area contributed by atoms with Crippen molar-refractivity contribution in [2.24, 2.45) is 0 Å². The van der Waals surface area contributed by atoms with E-state index in [1.54, 1.807) is 12.1 Å². The van der Waals surface area contributed by atoms with Crippen LogP contribution in [0.15, 0.2) is 43.0 Å². The molecule has 1 aliphatic rings. The summed E-state index contributed by atoms with van der Waals surface area (Å²) in [4.78, 5) is 24.6. The second-order valence-electron chi connectivity index (χ2n) is 7.06. The quantitative estimate of drug-likeness (QED) is 0.331. The molecule has 1 fully saturated rings. The maximum atomic E-state index is 12.5. The van der Waals surface area contributed by atoms with Crippen LogP contribution in [0.2, 0.25) is 0 Å². The number of rotatable bonds is 6. The highest BCUT2D eigenvalue weighted by atomic mass is 16.5. The Labute approximate surface area is 171 Å². The number of nitrogens with two attached hydrogens (primary N) is 1. The van der Waals surface area contributed by atoms with Crippen LogP contribution in [0.3, 0.4) is 0 Å². The van der Waals surface area contributed by atoms with Crippen molar-refractivity contribution in [1.82, 2.24) is 24.8 Å². The number of carbonyl (C=O) groups excluding carboxylic acids is 1. The Morgan fingerprint density at radius 1 is 1.27 bits per heavy atom. The van der Waals surface area contributed by atoms with Gasteiger partial charge in [0.2, 0.25) is 5.91 Å². The number of aliphatic hydroxyl groups excluding tert-OH is 3. The van der Waals surface area contributed by atoms with Gasteiger partial charge < -0.3 is 31.1 Å². The van der Waals surface area contributed by atoms with Crippen LogP contribution in [0.1, 0.15) is 11.8 Å². The van der Waals surface area contributed by atoms with Gasteiger partial charge in [-0.25, -0.2) is 15.0 Å².